The molecular formula is C15H17N3O4S. The number of hydrazine groups is 1. The molecule has 0 saturated heterocycles. The van der Waals surface area contributed by atoms with E-state index in [0.29, 0.717) is 11.3 Å². The summed E-state index contributed by atoms with van der Waals surface area (Å²) in [6, 6.07) is 9.56. The molecule has 0 fully saturated rings. The van der Waals surface area contributed by atoms with E-state index in [9.17, 15) is 18.0 Å². The molecule has 0 radical (unpaired) electrons. The molecule has 0 aliphatic heterocycles. The minimum atomic E-state index is -3.18. The second-order valence-corrected chi connectivity index (χ2v) is 7.32. The fraction of sp³-hybridized carbons (Fsp3) is 0.200. The van der Waals surface area contributed by atoms with Crippen LogP contribution in [0.2, 0.25) is 0 Å². The van der Waals surface area contributed by atoms with Crippen LogP contribution in [0.3, 0.4) is 0 Å². The number of nitrogens with zero attached hydrogens (tertiary/aromatic N) is 1. The Bertz CT molecular complexity index is 840. The summed E-state index contributed by atoms with van der Waals surface area (Å²) < 4.78 is 24.2. The monoisotopic (exact) mass is 335 g/mol. The third-order valence-electron chi connectivity index (χ3n) is 3.08. The summed E-state index contributed by atoms with van der Waals surface area (Å²) in [5.41, 5.74) is 5.79. The highest BCUT2D eigenvalue weighted by molar-refractivity contribution is 7.89. The topological polar surface area (TPSA) is 97.3 Å². The zero-order valence-corrected chi connectivity index (χ0v) is 13.6. The SMILES string of the molecule is Cn1cccc1C(=O)NNC(=O)c1cccc(CS(C)(=O)=O)c1. The highest BCUT2D eigenvalue weighted by Gasteiger charge is 2.12. The molecule has 7 nitrogen and oxygen atoms in total. The first kappa shape index (κ1) is 16.8. The van der Waals surface area contributed by atoms with Gasteiger partial charge in [-0.25, -0.2) is 8.42 Å². The lowest BCUT2D eigenvalue weighted by Gasteiger charge is -2.09. The number of aromatic nitrogens is 1. The summed E-state index contributed by atoms with van der Waals surface area (Å²) in [6.07, 6.45) is 2.84. The van der Waals surface area contributed by atoms with Gasteiger partial charge in [0.15, 0.2) is 9.84 Å². The molecule has 0 unspecified atom stereocenters. The van der Waals surface area contributed by atoms with Crippen molar-refractivity contribution < 1.29 is 18.0 Å². The van der Waals surface area contributed by atoms with Gasteiger partial charge in [-0.05, 0) is 29.8 Å². The minimum absolute atomic E-state index is 0.149. The van der Waals surface area contributed by atoms with Crippen LogP contribution in [0.4, 0.5) is 0 Å². The first-order chi connectivity index (χ1) is 10.8. The molecule has 0 aliphatic carbocycles. The van der Waals surface area contributed by atoms with E-state index >= 15 is 0 Å². The molecule has 122 valence electrons. The Balaban J connectivity index is 2.02. The average Bonchev–Trinajstić information content (AvgIpc) is 2.89. The van der Waals surface area contributed by atoms with E-state index in [4.69, 9.17) is 0 Å². The van der Waals surface area contributed by atoms with Crippen LogP contribution in [0, 0.1) is 0 Å². The standard InChI is InChI=1S/C15H17N3O4S/c1-18-8-4-7-13(18)15(20)17-16-14(19)12-6-3-5-11(9-12)10-23(2,21)22/h3-9H,10H2,1-2H3,(H,16,19)(H,17,20). The van der Waals surface area contributed by atoms with Gasteiger partial charge in [0.05, 0.1) is 5.75 Å². The van der Waals surface area contributed by atoms with E-state index in [0.717, 1.165) is 6.26 Å². The number of amides is 2. The Morgan fingerprint density at radius 3 is 2.39 bits per heavy atom. The van der Waals surface area contributed by atoms with Gasteiger partial charge in [-0.3, -0.25) is 20.4 Å². The fourth-order valence-electron chi connectivity index (χ4n) is 2.05. The lowest BCUT2D eigenvalue weighted by Crippen LogP contribution is -2.42. The first-order valence-electron chi connectivity index (χ1n) is 6.75. The van der Waals surface area contributed by atoms with Gasteiger partial charge in [0.25, 0.3) is 11.8 Å². The molecule has 8 heteroatoms. The summed E-state index contributed by atoms with van der Waals surface area (Å²) >= 11 is 0. The number of rotatable bonds is 4. The van der Waals surface area contributed by atoms with E-state index in [-0.39, 0.29) is 11.3 Å². The van der Waals surface area contributed by atoms with E-state index in [2.05, 4.69) is 10.9 Å². The Labute approximate surface area is 134 Å². The highest BCUT2D eigenvalue weighted by Crippen LogP contribution is 2.08. The number of hydrogen-bond acceptors (Lipinski definition) is 4. The molecule has 0 saturated carbocycles. The van der Waals surface area contributed by atoms with Crippen molar-refractivity contribution >= 4 is 21.7 Å². The van der Waals surface area contributed by atoms with Gasteiger partial charge in [0, 0.05) is 25.1 Å². The average molecular weight is 335 g/mol. The summed E-state index contributed by atoms with van der Waals surface area (Å²) in [6.45, 7) is 0. The van der Waals surface area contributed by atoms with Gasteiger partial charge < -0.3 is 4.57 Å². The quantitative estimate of drug-likeness (QED) is 0.802. The Hall–Kier alpha value is -2.61. The highest BCUT2D eigenvalue weighted by atomic mass is 32.2. The maximum Gasteiger partial charge on any atom is 0.286 e. The number of carbonyl (C=O) groups is 2. The van der Waals surface area contributed by atoms with Crippen molar-refractivity contribution in [2.24, 2.45) is 7.05 Å². The van der Waals surface area contributed by atoms with Crippen LogP contribution in [-0.4, -0.2) is 31.1 Å². The third kappa shape index (κ3) is 4.68. The van der Waals surface area contributed by atoms with Crippen molar-refractivity contribution in [1.29, 1.82) is 0 Å². The molecule has 1 aromatic heterocycles. The number of aryl methyl sites for hydroxylation is 1. The number of carbonyl (C=O) groups excluding carboxylic acids is 2. The summed E-state index contributed by atoms with van der Waals surface area (Å²) in [4.78, 5) is 23.9. The number of nitrogens with one attached hydrogen (secondary N) is 2. The minimum Gasteiger partial charge on any atom is -0.347 e. The molecule has 23 heavy (non-hydrogen) atoms. The van der Waals surface area contributed by atoms with Crippen molar-refractivity contribution in [2.45, 2.75) is 5.75 Å². The van der Waals surface area contributed by atoms with Gasteiger partial charge in [0.1, 0.15) is 5.69 Å². The van der Waals surface area contributed by atoms with E-state index in [1.54, 1.807) is 42.1 Å². The van der Waals surface area contributed by atoms with Gasteiger partial charge in [-0.1, -0.05) is 12.1 Å². The smallest absolute Gasteiger partial charge is 0.286 e. The van der Waals surface area contributed by atoms with Gasteiger partial charge in [0.2, 0.25) is 0 Å². The number of sulfone groups is 1. The lowest BCUT2D eigenvalue weighted by molar-refractivity contribution is 0.0842. The van der Waals surface area contributed by atoms with Crippen LogP contribution in [0.1, 0.15) is 26.4 Å². The predicted octanol–water partition coefficient (Wildman–Crippen LogP) is 0.644. The molecule has 2 aromatic rings. The zero-order valence-electron chi connectivity index (χ0n) is 12.7. The molecule has 0 aliphatic rings. The van der Waals surface area contributed by atoms with Crippen LogP contribution < -0.4 is 10.9 Å². The third-order valence-corrected chi connectivity index (χ3v) is 3.94. The van der Waals surface area contributed by atoms with E-state index < -0.39 is 21.7 Å². The van der Waals surface area contributed by atoms with Crippen LogP contribution in [-0.2, 0) is 22.6 Å². The van der Waals surface area contributed by atoms with Gasteiger partial charge in [-0.2, -0.15) is 0 Å². The molecule has 0 bridgehead atoms. The Morgan fingerprint density at radius 2 is 1.78 bits per heavy atom. The summed E-state index contributed by atoms with van der Waals surface area (Å²) in [7, 11) is -1.47. The molecule has 2 amide bonds. The Kier molecular flexibility index (Phi) is 4.85. The van der Waals surface area contributed by atoms with Crippen molar-refractivity contribution in [3.8, 4) is 0 Å². The normalized spacial score (nSPS) is 11.0. The number of benzene rings is 1. The molecular weight excluding hydrogens is 318 g/mol. The Morgan fingerprint density at radius 1 is 1.09 bits per heavy atom. The summed E-state index contributed by atoms with van der Waals surface area (Å²) in [5.74, 6) is -1.12. The van der Waals surface area contributed by atoms with Gasteiger partial charge in [-0.15, -0.1) is 0 Å². The molecule has 0 spiro atoms. The molecule has 1 aromatic carbocycles. The largest absolute Gasteiger partial charge is 0.347 e. The van der Waals surface area contributed by atoms with Crippen LogP contribution >= 0.6 is 0 Å². The van der Waals surface area contributed by atoms with Crippen molar-refractivity contribution in [1.82, 2.24) is 15.4 Å². The van der Waals surface area contributed by atoms with Crippen molar-refractivity contribution in [3.05, 3.63) is 59.4 Å². The van der Waals surface area contributed by atoms with Crippen LogP contribution in [0.15, 0.2) is 42.6 Å². The fourth-order valence-corrected chi connectivity index (χ4v) is 2.84. The van der Waals surface area contributed by atoms with Crippen molar-refractivity contribution in [3.63, 3.8) is 0 Å². The van der Waals surface area contributed by atoms with E-state index in [1.165, 1.54) is 12.1 Å². The molecule has 2 N–H and O–H groups in total. The molecule has 1 heterocycles. The maximum atomic E-state index is 12.0. The first-order valence-corrected chi connectivity index (χ1v) is 8.81. The lowest BCUT2D eigenvalue weighted by atomic mass is 10.1. The van der Waals surface area contributed by atoms with Crippen LogP contribution in [0.25, 0.3) is 0 Å². The molecule has 0 atom stereocenters. The van der Waals surface area contributed by atoms with Gasteiger partial charge >= 0.3 is 0 Å². The van der Waals surface area contributed by atoms with Crippen molar-refractivity contribution in [2.75, 3.05) is 6.26 Å². The predicted molar refractivity (Wildman–Crippen MR) is 85.3 cm³/mol. The number of hydrogen-bond donors (Lipinski definition) is 2. The van der Waals surface area contributed by atoms with E-state index in [1.807, 2.05) is 0 Å². The maximum absolute atomic E-state index is 12.0. The zero-order chi connectivity index (χ0) is 17.0. The molecule has 2 rings (SSSR count). The second-order valence-electron chi connectivity index (χ2n) is 5.18. The van der Waals surface area contributed by atoms with Crippen LogP contribution in [0.5, 0.6) is 0 Å². The summed E-state index contributed by atoms with van der Waals surface area (Å²) in [5, 5.41) is 0. The second kappa shape index (κ2) is 6.66.